The molecule has 15 bridgehead atoms. The molecule has 19 N–H and O–H groups in total. The molecule has 0 radical (unpaired) electrons. The first-order chi connectivity index (χ1) is 53.4. The van der Waals surface area contributed by atoms with Crippen molar-refractivity contribution in [2.75, 3.05) is 13.7 Å². The van der Waals surface area contributed by atoms with Gasteiger partial charge in [-0.25, -0.2) is 4.79 Å². The van der Waals surface area contributed by atoms with E-state index in [4.69, 9.17) is 42.1 Å². The lowest BCUT2D eigenvalue weighted by Gasteiger charge is -2.54. The van der Waals surface area contributed by atoms with E-state index >= 15 is 28.8 Å². The van der Waals surface area contributed by atoms with E-state index < -0.39 is 203 Å². The second kappa shape index (κ2) is 33.1. The number of nitrogens with one attached hydrogen (secondary N) is 10. The first-order valence-corrected chi connectivity index (χ1v) is 37.5. The summed E-state index contributed by atoms with van der Waals surface area (Å²) >= 11 is 14.2. The third-order valence-electron chi connectivity index (χ3n) is 21.8. The molecule has 112 heavy (non-hydrogen) atoms. The first kappa shape index (κ1) is 79.7. The average molecular weight is 1590 g/mol. The number of ether oxygens (including phenoxy) is 4. The van der Waals surface area contributed by atoms with E-state index in [0.29, 0.717) is 17.4 Å². The maximum absolute atomic E-state index is 16.4. The number of aromatic hydroxyl groups is 3. The number of phenolic OH excluding ortho intramolecular Hbond substituents is 3. The molecule has 15 atom stereocenters. The number of carbonyl (C=O) groups is 9. The summed E-state index contributed by atoms with van der Waals surface area (Å²) in [5.41, 5.74) is -1.57. The Balaban J connectivity index is 0.998. The number of benzene rings is 6. The molecule has 10 aliphatic rings. The second-order valence-electron chi connectivity index (χ2n) is 30.0. The smallest absolute Gasteiger partial charge is 0.321 e. The minimum absolute atomic E-state index is 0.0695. The minimum atomic E-state index is -2.38. The van der Waals surface area contributed by atoms with Crippen LogP contribution in [-0.2, 0) is 43.1 Å². The second-order valence-corrected chi connectivity index (χ2v) is 30.8. The highest BCUT2D eigenvalue weighted by molar-refractivity contribution is 6.32. The van der Waals surface area contributed by atoms with Crippen LogP contribution in [0.25, 0.3) is 11.1 Å². The number of fused-ring (bicyclic) bond motifs is 15. The molecule has 0 spiro atoms. The van der Waals surface area contributed by atoms with Crippen LogP contribution in [0.4, 0.5) is 4.79 Å². The number of likely N-dealkylation sites (N-methyl/N-ethyl adjacent to an activating group) is 1. The molecule has 34 heteroatoms. The molecule has 6 aromatic rings. The van der Waals surface area contributed by atoms with Gasteiger partial charge in [-0.05, 0) is 170 Å². The lowest BCUT2D eigenvalue weighted by molar-refractivity contribution is -0.277. The summed E-state index contributed by atoms with van der Waals surface area (Å²) in [4.78, 5) is 137. The van der Waals surface area contributed by atoms with E-state index in [-0.39, 0.29) is 80.1 Å². The van der Waals surface area contributed by atoms with E-state index in [1.165, 1.54) is 31.3 Å². The summed E-state index contributed by atoms with van der Waals surface area (Å²) in [5, 5.41) is 130. The zero-order valence-electron chi connectivity index (χ0n) is 60.8. The van der Waals surface area contributed by atoms with Gasteiger partial charge in [-0.2, -0.15) is 0 Å². The van der Waals surface area contributed by atoms with Gasteiger partial charge in [-0.1, -0.05) is 85.6 Å². The molecular weight excluding hydrogens is 1500 g/mol. The number of phenols is 3. The fraction of sp³-hybridized carbons (Fsp3) is 0.423. The average Bonchev–Trinajstić information content (AvgIpc) is 0.764. The van der Waals surface area contributed by atoms with Gasteiger partial charge in [0.25, 0.3) is 0 Å². The van der Waals surface area contributed by atoms with E-state index in [2.05, 4.69) is 53.2 Å². The molecule has 0 aromatic heterocycles. The van der Waals surface area contributed by atoms with Crippen LogP contribution < -0.4 is 67.4 Å². The Hall–Kier alpha value is -10.4. The number of urea groups is 1. The quantitative estimate of drug-likeness (QED) is 0.0737. The van der Waals surface area contributed by atoms with Crippen LogP contribution in [0.15, 0.2) is 109 Å². The van der Waals surface area contributed by atoms with Gasteiger partial charge in [0.2, 0.25) is 59.3 Å². The standard InChI is InChI=1S/C78H86Cl2N10O22/c1-31(2)16-47(81-4)70(101)89-62-64(96)37-11-14-51(45(79)23-37)109-53-25-41-26-54(69(53)112-77-68(100)67(99)66(98)55(30-91)111-77)110-52-15-12-38(24-46(52)80)65(97)63-76(107)88-61(74(105)85-58-39-18-33-17-34(20-39)21-40(58)19-33)44-27-42(92)28-50(94)57(44)43-22-36(10-13-49(43)93)59(72(103)90-63)87-73(104)60(41)86-71(102)48(83-75(62)106)29-56(95)84-78(108)82-32(3)35-8-6-5-7-9-35/h5-15,22-28,31-34,39-40,47-48,55,58-68,77,81,91-94,96-100H,16-21,29-30H2,1-4H3,(H,83,106)(H,85,105)(H,86,102)(H,87,104)(H,88,107)(H,89,101)(H,90,103)(H2,82,84,95,108)/t32-,33?,34?,39?,40?,47+,48?,55?,58?,59+,60?,61+,62?,63-,64+,65+,66+,67-,68+,77?/m0/s1. The third-order valence-corrected chi connectivity index (χ3v) is 22.4. The fourth-order valence-corrected chi connectivity index (χ4v) is 16.8. The molecular formula is C78H86Cl2N10O22. The highest BCUT2D eigenvalue weighted by Crippen LogP contribution is 2.55. The number of hydrogen-bond acceptors (Lipinski definition) is 23. The van der Waals surface area contributed by atoms with E-state index in [1.807, 2.05) is 13.8 Å². The molecule has 6 aromatic carbocycles. The number of halogens is 2. The van der Waals surface area contributed by atoms with Gasteiger partial charge >= 0.3 is 6.03 Å². The zero-order valence-corrected chi connectivity index (χ0v) is 62.3. The van der Waals surface area contributed by atoms with Crippen molar-refractivity contribution in [1.82, 2.24) is 53.2 Å². The van der Waals surface area contributed by atoms with Crippen LogP contribution in [0.1, 0.15) is 135 Å². The first-order valence-electron chi connectivity index (χ1n) is 36.7. The summed E-state index contributed by atoms with van der Waals surface area (Å²) < 4.78 is 25.4. The van der Waals surface area contributed by atoms with Crippen molar-refractivity contribution < 1.29 is 108 Å². The normalized spacial score (nSPS) is 28.6. The van der Waals surface area contributed by atoms with Gasteiger partial charge in [0.1, 0.15) is 102 Å². The summed E-state index contributed by atoms with van der Waals surface area (Å²) in [6.07, 6.45) is -10.7. The maximum atomic E-state index is 16.4. The zero-order chi connectivity index (χ0) is 80.0. The lowest BCUT2D eigenvalue weighted by atomic mass is 9.54. The van der Waals surface area contributed by atoms with Gasteiger partial charge in [-0.3, -0.25) is 43.7 Å². The number of rotatable bonds is 14. The molecule has 6 aliphatic heterocycles. The Bertz CT molecular complexity index is 4640. The Morgan fingerprint density at radius 2 is 1.21 bits per heavy atom. The number of imide groups is 1. The molecule has 6 heterocycles. The molecule has 4 aliphatic carbocycles. The summed E-state index contributed by atoms with van der Waals surface area (Å²) in [6, 6.07) is 6.73. The Morgan fingerprint density at radius 1 is 0.607 bits per heavy atom. The highest BCUT2D eigenvalue weighted by Gasteiger charge is 2.51. The predicted molar refractivity (Wildman–Crippen MR) is 397 cm³/mol. The van der Waals surface area contributed by atoms with Gasteiger partial charge in [-0.15, -0.1) is 0 Å². The molecule has 5 fully saturated rings. The van der Waals surface area contributed by atoms with E-state index in [0.717, 1.165) is 86.7 Å². The van der Waals surface area contributed by atoms with E-state index in [9.17, 15) is 60.3 Å². The van der Waals surface area contributed by atoms with Gasteiger partial charge in [0, 0.05) is 23.2 Å². The largest absolute Gasteiger partial charge is 0.508 e. The van der Waals surface area contributed by atoms with Crippen LogP contribution >= 0.6 is 23.2 Å². The molecule has 16 rings (SSSR count). The van der Waals surface area contributed by atoms with Crippen molar-refractivity contribution in [2.45, 2.75) is 163 Å². The Kier molecular flexibility index (Phi) is 23.6. The van der Waals surface area contributed by atoms with Crippen LogP contribution in [0, 0.1) is 29.6 Å². The van der Waals surface area contributed by atoms with Crippen LogP contribution in [0.2, 0.25) is 10.0 Å². The molecule has 10 amide bonds. The summed E-state index contributed by atoms with van der Waals surface area (Å²) in [6.45, 7) is 4.30. The molecule has 1 saturated heterocycles. The number of aliphatic hydroxyl groups excluding tert-OH is 6. The number of amides is 10. The van der Waals surface area contributed by atoms with Gasteiger partial charge < -0.3 is 113 Å². The Morgan fingerprint density at radius 3 is 1.83 bits per heavy atom. The van der Waals surface area contributed by atoms with Gasteiger partial charge in [0.05, 0.1) is 35.2 Å². The van der Waals surface area contributed by atoms with Crippen molar-refractivity contribution in [3.05, 3.63) is 153 Å². The maximum Gasteiger partial charge on any atom is 0.321 e. The highest BCUT2D eigenvalue weighted by atomic mass is 35.5. The predicted octanol–water partition coefficient (Wildman–Crippen LogP) is 3.83. The fourth-order valence-electron chi connectivity index (χ4n) is 16.4. The van der Waals surface area contributed by atoms with Gasteiger partial charge in [0.15, 0.2) is 11.5 Å². The molecule has 594 valence electrons. The van der Waals surface area contributed by atoms with Crippen molar-refractivity contribution in [3.8, 4) is 57.1 Å². The Labute approximate surface area is 650 Å². The number of aliphatic hydroxyl groups is 6. The molecule has 32 nitrogen and oxygen atoms in total. The van der Waals surface area contributed by atoms with Crippen molar-refractivity contribution in [2.24, 2.45) is 29.6 Å². The summed E-state index contributed by atoms with van der Waals surface area (Å²) in [5.74, 6) is -13.5. The monoisotopic (exact) mass is 1580 g/mol. The van der Waals surface area contributed by atoms with Crippen molar-refractivity contribution >= 4 is 76.5 Å². The van der Waals surface area contributed by atoms with Crippen LogP contribution in [0.3, 0.4) is 0 Å². The van der Waals surface area contributed by atoms with Crippen molar-refractivity contribution in [3.63, 3.8) is 0 Å². The van der Waals surface area contributed by atoms with Crippen LogP contribution in [-0.4, -0.2) is 174 Å². The summed E-state index contributed by atoms with van der Waals surface area (Å²) in [7, 11) is 1.48. The SMILES string of the molecule is CN[C@H](CC(C)C)C(=O)NC1C(=O)NC(CC(=O)NC(=O)N[C@@H](C)c2ccccc2)C(=O)NC2C(=O)N[C@H]3C(=O)N[C@H](C(=O)N[C@@H](C(=O)NC4C5CC6CC(C5)CC4C6)c4cc(O)cc(O)c4-c4cc3ccc4O)[C@H](O)c3ccc(c(Cl)c3)Oc3cc2cc(c3OC2OC(CO)[C@@H](O)[C@H](O)[C@H]2O)Oc2ccc(cc2Cl)[C@H]1O. The van der Waals surface area contributed by atoms with Crippen molar-refractivity contribution in [1.29, 1.82) is 0 Å². The van der Waals surface area contributed by atoms with E-state index in [1.54, 1.807) is 37.3 Å². The van der Waals surface area contributed by atoms with Crippen LogP contribution in [0.5, 0.6) is 46.0 Å². The molecule has 5 unspecified atom stereocenters. The molecule has 4 saturated carbocycles. The lowest BCUT2D eigenvalue weighted by Crippen LogP contribution is -2.60. The third kappa shape index (κ3) is 16.7. The topological polar surface area (TPSA) is 493 Å². The number of carbonyl (C=O) groups excluding carboxylic acids is 9. The number of hydrogen-bond donors (Lipinski definition) is 19. The minimum Gasteiger partial charge on any atom is -0.508 e.